The highest BCUT2D eigenvalue weighted by atomic mass is 19.1. The molecule has 1 aromatic rings. The normalized spacial score (nSPS) is 19.1. The monoisotopic (exact) mass is 279 g/mol. The molecule has 1 saturated heterocycles. The van der Waals surface area contributed by atoms with Crippen molar-refractivity contribution in [1.29, 1.82) is 0 Å². The predicted molar refractivity (Wildman–Crippen MR) is 82.7 cm³/mol. The van der Waals surface area contributed by atoms with Crippen molar-refractivity contribution in [3.63, 3.8) is 0 Å². The fourth-order valence-corrected chi connectivity index (χ4v) is 2.73. The molecule has 0 aliphatic carbocycles. The minimum Gasteiger partial charge on any atom is -0.370 e. The molecule has 1 N–H and O–H groups in total. The second-order valence-corrected chi connectivity index (χ2v) is 5.85. The van der Waals surface area contributed by atoms with Crippen LogP contribution in [-0.4, -0.2) is 44.7 Å². The first-order valence-corrected chi connectivity index (χ1v) is 7.51. The summed E-state index contributed by atoms with van der Waals surface area (Å²) in [5.41, 5.74) is 2.05. The van der Waals surface area contributed by atoms with Gasteiger partial charge in [0.1, 0.15) is 5.82 Å². The summed E-state index contributed by atoms with van der Waals surface area (Å²) in [7, 11) is 4.22. The molecule has 1 heterocycles. The molecule has 0 spiro atoms. The smallest absolute Gasteiger partial charge is 0.125 e. The first-order valence-electron chi connectivity index (χ1n) is 7.51. The summed E-state index contributed by atoms with van der Waals surface area (Å²) in [6, 6.07) is 5.97. The minimum absolute atomic E-state index is 0.135. The Labute approximate surface area is 121 Å². The molecule has 0 amide bonds. The van der Waals surface area contributed by atoms with Crippen LogP contribution in [0.5, 0.6) is 0 Å². The van der Waals surface area contributed by atoms with Crippen LogP contribution in [0, 0.1) is 5.82 Å². The fourth-order valence-electron chi connectivity index (χ4n) is 2.73. The molecule has 20 heavy (non-hydrogen) atoms. The van der Waals surface area contributed by atoms with E-state index >= 15 is 0 Å². The molecule has 1 unspecified atom stereocenters. The van der Waals surface area contributed by atoms with Gasteiger partial charge in [0, 0.05) is 31.4 Å². The van der Waals surface area contributed by atoms with Crippen LogP contribution in [0.1, 0.15) is 25.3 Å². The Morgan fingerprint density at radius 3 is 2.80 bits per heavy atom. The van der Waals surface area contributed by atoms with Crippen molar-refractivity contribution >= 4 is 5.69 Å². The Bertz CT molecular complexity index is 434. The standard InChI is InChI=1S/C16H26FN3/c1-4-6-18-11-13-8-14(17)10-16(9-13)20-7-5-15(12-20)19(2)3/h8-10,15,18H,4-7,11-12H2,1-3H3. The highest BCUT2D eigenvalue weighted by Gasteiger charge is 2.24. The van der Waals surface area contributed by atoms with E-state index in [0.29, 0.717) is 6.04 Å². The van der Waals surface area contributed by atoms with Crippen LogP contribution in [0.3, 0.4) is 0 Å². The van der Waals surface area contributed by atoms with E-state index < -0.39 is 0 Å². The van der Waals surface area contributed by atoms with Crippen LogP contribution in [0.2, 0.25) is 0 Å². The summed E-state index contributed by atoms with van der Waals surface area (Å²) in [5.74, 6) is -0.135. The van der Waals surface area contributed by atoms with Gasteiger partial charge in [0.15, 0.2) is 0 Å². The van der Waals surface area contributed by atoms with Gasteiger partial charge in [-0.3, -0.25) is 0 Å². The van der Waals surface area contributed by atoms with Crippen LogP contribution >= 0.6 is 0 Å². The number of rotatable bonds is 6. The van der Waals surface area contributed by atoms with Gasteiger partial charge in [0.25, 0.3) is 0 Å². The van der Waals surface area contributed by atoms with E-state index in [2.05, 4.69) is 42.2 Å². The number of halogens is 1. The van der Waals surface area contributed by atoms with E-state index in [0.717, 1.165) is 50.3 Å². The van der Waals surface area contributed by atoms with Gasteiger partial charge in [-0.15, -0.1) is 0 Å². The lowest BCUT2D eigenvalue weighted by Gasteiger charge is -2.22. The molecule has 4 heteroatoms. The van der Waals surface area contributed by atoms with Crippen LogP contribution < -0.4 is 10.2 Å². The maximum absolute atomic E-state index is 13.8. The topological polar surface area (TPSA) is 18.5 Å². The summed E-state index contributed by atoms with van der Waals surface area (Å²) in [4.78, 5) is 4.54. The summed E-state index contributed by atoms with van der Waals surface area (Å²) >= 11 is 0. The zero-order chi connectivity index (χ0) is 14.5. The zero-order valence-electron chi connectivity index (χ0n) is 12.8. The van der Waals surface area contributed by atoms with Crippen molar-refractivity contribution in [3.8, 4) is 0 Å². The number of hydrogen-bond acceptors (Lipinski definition) is 3. The van der Waals surface area contributed by atoms with Crippen LogP contribution in [0.15, 0.2) is 18.2 Å². The van der Waals surface area contributed by atoms with Crippen molar-refractivity contribution in [2.75, 3.05) is 38.6 Å². The Kier molecular flexibility index (Phi) is 5.38. The van der Waals surface area contributed by atoms with Crippen LogP contribution in [0.25, 0.3) is 0 Å². The molecule has 0 radical (unpaired) electrons. The SMILES string of the molecule is CCCNCc1cc(F)cc(N2CCC(N(C)C)C2)c1. The average molecular weight is 279 g/mol. The van der Waals surface area contributed by atoms with E-state index in [9.17, 15) is 4.39 Å². The van der Waals surface area contributed by atoms with Gasteiger partial charge in [-0.05, 0) is 57.2 Å². The van der Waals surface area contributed by atoms with E-state index in [1.807, 2.05) is 0 Å². The molecule has 3 nitrogen and oxygen atoms in total. The molecule has 0 aromatic heterocycles. The van der Waals surface area contributed by atoms with Gasteiger partial charge in [-0.1, -0.05) is 6.92 Å². The lowest BCUT2D eigenvalue weighted by molar-refractivity contribution is 0.315. The summed E-state index contributed by atoms with van der Waals surface area (Å²) in [6.07, 6.45) is 2.24. The summed E-state index contributed by atoms with van der Waals surface area (Å²) in [5, 5.41) is 3.33. The second kappa shape index (κ2) is 7.04. The maximum atomic E-state index is 13.8. The quantitative estimate of drug-likeness (QED) is 0.807. The van der Waals surface area contributed by atoms with Crippen molar-refractivity contribution in [3.05, 3.63) is 29.6 Å². The molecule has 0 bridgehead atoms. The number of benzene rings is 1. The van der Waals surface area contributed by atoms with E-state index in [1.54, 1.807) is 12.1 Å². The van der Waals surface area contributed by atoms with Gasteiger partial charge in [-0.25, -0.2) is 4.39 Å². The average Bonchev–Trinajstić information content (AvgIpc) is 2.88. The molecule has 1 aliphatic rings. The molecule has 1 aliphatic heterocycles. The molecule has 1 fully saturated rings. The second-order valence-electron chi connectivity index (χ2n) is 5.85. The van der Waals surface area contributed by atoms with Gasteiger partial charge in [0.05, 0.1) is 0 Å². The molecule has 112 valence electrons. The van der Waals surface area contributed by atoms with E-state index in [-0.39, 0.29) is 5.82 Å². The molecule has 2 rings (SSSR count). The Balaban J connectivity index is 2.04. The Hall–Kier alpha value is -1.13. The van der Waals surface area contributed by atoms with Crippen molar-refractivity contribution in [2.45, 2.75) is 32.4 Å². The van der Waals surface area contributed by atoms with E-state index in [4.69, 9.17) is 0 Å². The first-order chi connectivity index (χ1) is 9.60. The van der Waals surface area contributed by atoms with Gasteiger partial charge in [-0.2, -0.15) is 0 Å². The number of likely N-dealkylation sites (N-methyl/N-ethyl adjacent to an activating group) is 1. The van der Waals surface area contributed by atoms with Gasteiger partial charge in [0.2, 0.25) is 0 Å². The summed E-state index contributed by atoms with van der Waals surface area (Å²) in [6.45, 7) is 5.84. The largest absolute Gasteiger partial charge is 0.370 e. The fraction of sp³-hybridized carbons (Fsp3) is 0.625. The van der Waals surface area contributed by atoms with Gasteiger partial charge < -0.3 is 15.1 Å². The third kappa shape index (κ3) is 3.93. The lowest BCUT2D eigenvalue weighted by Crippen LogP contribution is -2.31. The van der Waals surface area contributed by atoms with Crippen molar-refractivity contribution in [2.24, 2.45) is 0 Å². The molecular formula is C16H26FN3. The number of nitrogens with one attached hydrogen (secondary N) is 1. The number of nitrogens with zero attached hydrogens (tertiary/aromatic N) is 2. The number of anilines is 1. The van der Waals surface area contributed by atoms with Crippen LogP contribution in [0.4, 0.5) is 10.1 Å². The molecule has 1 aromatic carbocycles. The van der Waals surface area contributed by atoms with Crippen LogP contribution in [-0.2, 0) is 6.54 Å². The Morgan fingerprint density at radius 1 is 1.35 bits per heavy atom. The summed E-state index contributed by atoms with van der Waals surface area (Å²) < 4.78 is 13.8. The highest BCUT2D eigenvalue weighted by molar-refractivity contribution is 5.50. The van der Waals surface area contributed by atoms with Crippen molar-refractivity contribution < 1.29 is 4.39 Å². The lowest BCUT2D eigenvalue weighted by atomic mass is 10.1. The minimum atomic E-state index is -0.135. The number of hydrogen-bond donors (Lipinski definition) is 1. The highest BCUT2D eigenvalue weighted by Crippen LogP contribution is 2.24. The third-order valence-corrected chi connectivity index (χ3v) is 3.96. The molecule has 1 atom stereocenters. The van der Waals surface area contributed by atoms with E-state index in [1.165, 1.54) is 0 Å². The molecule has 0 saturated carbocycles. The van der Waals surface area contributed by atoms with Crippen molar-refractivity contribution in [1.82, 2.24) is 10.2 Å². The van der Waals surface area contributed by atoms with Gasteiger partial charge >= 0.3 is 0 Å². The predicted octanol–water partition coefficient (Wildman–Crippen LogP) is 2.47. The third-order valence-electron chi connectivity index (χ3n) is 3.96. The Morgan fingerprint density at radius 2 is 2.15 bits per heavy atom. The maximum Gasteiger partial charge on any atom is 0.125 e. The zero-order valence-corrected chi connectivity index (χ0v) is 12.8. The first kappa shape index (κ1) is 15.3. The molecular weight excluding hydrogens is 253 g/mol.